The van der Waals surface area contributed by atoms with E-state index in [0.29, 0.717) is 5.91 Å². The molecule has 2 aliphatic heterocycles. The molecule has 0 aromatic carbocycles. The number of piperidine rings is 1. The number of nitrogens with one attached hydrogen (secondary N) is 1. The number of carbonyl (C=O) groups excluding carboxylic acids is 1. The van der Waals surface area contributed by atoms with E-state index in [1.54, 1.807) is 0 Å². The van der Waals surface area contributed by atoms with Gasteiger partial charge in [-0.1, -0.05) is 6.92 Å². The molecule has 5 nitrogen and oxygen atoms in total. The van der Waals surface area contributed by atoms with E-state index in [4.69, 9.17) is 0 Å². The molecule has 1 amide bonds. The lowest BCUT2D eigenvalue weighted by molar-refractivity contribution is -0.137. The van der Waals surface area contributed by atoms with Gasteiger partial charge in [0.1, 0.15) is 0 Å². The van der Waals surface area contributed by atoms with Crippen LogP contribution in [0.1, 0.15) is 38.3 Å². The highest BCUT2D eigenvalue weighted by Gasteiger charge is 2.37. The van der Waals surface area contributed by atoms with Gasteiger partial charge in [0, 0.05) is 30.4 Å². The number of rotatable bonds is 2. The number of aromatic amines is 1. The summed E-state index contributed by atoms with van der Waals surface area (Å²) in [5.74, 6) is 0.330. The number of amides is 1. The van der Waals surface area contributed by atoms with Crippen molar-refractivity contribution in [2.75, 3.05) is 26.7 Å². The van der Waals surface area contributed by atoms with Crippen LogP contribution in [0.2, 0.25) is 0 Å². The average Bonchev–Trinajstić information content (AvgIpc) is 3.10. The highest BCUT2D eigenvalue weighted by molar-refractivity contribution is 5.82. The fraction of sp³-hybridized carbons (Fsp3) is 0.733. The minimum absolute atomic E-state index is 0.117. The molecule has 0 spiro atoms. The summed E-state index contributed by atoms with van der Waals surface area (Å²) < 4.78 is 0. The van der Waals surface area contributed by atoms with Crippen LogP contribution in [0.3, 0.4) is 0 Å². The van der Waals surface area contributed by atoms with E-state index >= 15 is 0 Å². The third-order valence-corrected chi connectivity index (χ3v) is 5.14. The number of hydrogen-bond acceptors (Lipinski definition) is 3. The maximum Gasteiger partial charge on any atom is 0.239 e. The topological polar surface area (TPSA) is 52.2 Å². The SMILES string of the molecule is CN1CCC[C@H]1C(=O)N1CCC(C)(c2ccn[nH]2)CC1. The summed E-state index contributed by atoms with van der Waals surface area (Å²) in [6, 6.07) is 2.17. The second kappa shape index (κ2) is 5.20. The fourth-order valence-corrected chi connectivity index (χ4v) is 3.52. The van der Waals surface area contributed by atoms with Crippen molar-refractivity contribution in [3.05, 3.63) is 18.0 Å². The lowest BCUT2D eigenvalue weighted by Gasteiger charge is -2.40. The molecule has 0 unspecified atom stereocenters. The molecule has 0 radical (unpaired) electrons. The number of hydrogen-bond donors (Lipinski definition) is 1. The van der Waals surface area contributed by atoms with Gasteiger partial charge in [0.15, 0.2) is 0 Å². The number of carbonyl (C=O) groups is 1. The summed E-state index contributed by atoms with van der Waals surface area (Å²) in [5, 5.41) is 7.15. The molecule has 1 aromatic heterocycles. The summed E-state index contributed by atoms with van der Waals surface area (Å²) in [5.41, 5.74) is 1.33. The zero-order valence-electron chi connectivity index (χ0n) is 12.4. The Morgan fingerprint density at radius 1 is 1.40 bits per heavy atom. The van der Waals surface area contributed by atoms with Gasteiger partial charge < -0.3 is 4.90 Å². The molecule has 1 N–H and O–H groups in total. The molecular weight excluding hydrogens is 252 g/mol. The smallest absolute Gasteiger partial charge is 0.239 e. The van der Waals surface area contributed by atoms with Crippen molar-refractivity contribution in [2.24, 2.45) is 0 Å². The van der Waals surface area contributed by atoms with E-state index in [1.165, 1.54) is 5.69 Å². The van der Waals surface area contributed by atoms with Crippen LogP contribution in [0.4, 0.5) is 0 Å². The molecule has 2 fully saturated rings. The van der Waals surface area contributed by atoms with Gasteiger partial charge in [0.05, 0.1) is 6.04 Å². The Kier molecular flexibility index (Phi) is 3.54. The van der Waals surface area contributed by atoms with Crippen molar-refractivity contribution in [3.63, 3.8) is 0 Å². The highest BCUT2D eigenvalue weighted by atomic mass is 16.2. The average molecular weight is 276 g/mol. The van der Waals surface area contributed by atoms with Crippen molar-refractivity contribution in [1.82, 2.24) is 20.0 Å². The summed E-state index contributed by atoms with van der Waals surface area (Å²) >= 11 is 0. The predicted octanol–water partition coefficient (Wildman–Crippen LogP) is 1.38. The largest absolute Gasteiger partial charge is 0.341 e. The maximum absolute atomic E-state index is 12.6. The van der Waals surface area contributed by atoms with E-state index in [-0.39, 0.29) is 11.5 Å². The maximum atomic E-state index is 12.6. The van der Waals surface area contributed by atoms with Gasteiger partial charge in [0.2, 0.25) is 5.91 Å². The summed E-state index contributed by atoms with van der Waals surface area (Å²) in [6.45, 7) is 5.04. The summed E-state index contributed by atoms with van der Waals surface area (Å²) in [4.78, 5) is 16.8. The van der Waals surface area contributed by atoms with Crippen LogP contribution in [0, 0.1) is 0 Å². The van der Waals surface area contributed by atoms with Crippen molar-refractivity contribution in [2.45, 2.75) is 44.1 Å². The van der Waals surface area contributed by atoms with Crippen LogP contribution in [0.25, 0.3) is 0 Å². The number of nitrogens with zero attached hydrogens (tertiary/aromatic N) is 3. The molecule has 3 heterocycles. The van der Waals surface area contributed by atoms with E-state index in [0.717, 1.165) is 45.3 Å². The van der Waals surface area contributed by atoms with Gasteiger partial charge in [-0.15, -0.1) is 0 Å². The molecule has 1 aromatic rings. The zero-order valence-corrected chi connectivity index (χ0v) is 12.4. The van der Waals surface area contributed by atoms with E-state index < -0.39 is 0 Å². The van der Waals surface area contributed by atoms with Crippen molar-refractivity contribution in [3.8, 4) is 0 Å². The Morgan fingerprint density at radius 2 is 2.15 bits per heavy atom. The van der Waals surface area contributed by atoms with Gasteiger partial charge in [-0.3, -0.25) is 14.8 Å². The molecule has 2 aliphatic rings. The quantitative estimate of drug-likeness (QED) is 0.888. The van der Waals surface area contributed by atoms with E-state index in [1.807, 2.05) is 6.20 Å². The predicted molar refractivity (Wildman–Crippen MR) is 77.4 cm³/mol. The first-order valence-corrected chi connectivity index (χ1v) is 7.59. The van der Waals surface area contributed by atoms with Crippen LogP contribution in [0.15, 0.2) is 12.3 Å². The monoisotopic (exact) mass is 276 g/mol. The first-order valence-electron chi connectivity index (χ1n) is 7.59. The molecule has 0 saturated carbocycles. The van der Waals surface area contributed by atoms with Crippen LogP contribution >= 0.6 is 0 Å². The Morgan fingerprint density at radius 3 is 2.70 bits per heavy atom. The summed E-state index contributed by atoms with van der Waals surface area (Å²) in [7, 11) is 2.06. The van der Waals surface area contributed by atoms with Gasteiger partial charge in [-0.05, 0) is 45.3 Å². The molecule has 5 heteroatoms. The lowest BCUT2D eigenvalue weighted by atomic mass is 9.77. The molecule has 110 valence electrons. The minimum Gasteiger partial charge on any atom is -0.341 e. The first kappa shape index (κ1) is 13.6. The number of H-pyrrole nitrogens is 1. The van der Waals surface area contributed by atoms with Gasteiger partial charge in [-0.2, -0.15) is 5.10 Å². The van der Waals surface area contributed by atoms with Gasteiger partial charge in [-0.25, -0.2) is 0 Å². The zero-order chi connectivity index (χ0) is 14.2. The van der Waals surface area contributed by atoms with Crippen LogP contribution in [-0.4, -0.2) is 58.6 Å². The van der Waals surface area contributed by atoms with Crippen LogP contribution in [0.5, 0.6) is 0 Å². The molecule has 2 saturated heterocycles. The summed E-state index contributed by atoms with van der Waals surface area (Å²) in [6.07, 6.45) is 6.00. The third-order valence-electron chi connectivity index (χ3n) is 5.14. The Labute approximate surface area is 120 Å². The minimum atomic E-state index is 0.117. The number of likely N-dealkylation sites (tertiary alicyclic amines) is 2. The normalized spacial score (nSPS) is 26.9. The molecular formula is C15H24N4O. The first-order chi connectivity index (χ1) is 9.60. The molecule has 0 aliphatic carbocycles. The third kappa shape index (κ3) is 2.35. The Bertz CT molecular complexity index is 462. The van der Waals surface area contributed by atoms with Gasteiger partial charge in [0.25, 0.3) is 0 Å². The Balaban J connectivity index is 1.62. The number of likely N-dealkylation sites (N-methyl/N-ethyl adjacent to an activating group) is 1. The molecule has 3 rings (SSSR count). The lowest BCUT2D eigenvalue weighted by Crippen LogP contribution is -2.50. The van der Waals surface area contributed by atoms with E-state index in [9.17, 15) is 4.79 Å². The second-order valence-electron chi connectivity index (χ2n) is 6.49. The second-order valence-corrected chi connectivity index (χ2v) is 6.49. The van der Waals surface area contributed by atoms with Crippen LogP contribution in [-0.2, 0) is 10.2 Å². The van der Waals surface area contributed by atoms with Crippen molar-refractivity contribution < 1.29 is 4.79 Å². The molecule has 0 bridgehead atoms. The number of aromatic nitrogens is 2. The molecule has 1 atom stereocenters. The standard InChI is InChI=1S/C15H24N4O/c1-15(13-5-8-16-17-13)6-10-19(11-7-15)14(20)12-4-3-9-18(12)2/h5,8,12H,3-4,6-7,9-11H2,1-2H3,(H,16,17)/t12-/m0/s1. The van der Waals surface area contributed by atoms with Crippen LogP contribution < -0.4 is 0 Å². The van der Waals surface area contributed by atoms with Crippen molar-refractivity contribution in [1.29, 1.82) is 0 Å². The highest BCUT2D eigenvalue weighted by Crippen LogP contribution is 2.34. The van der Waals surface area contributed by atoms with Crippen molar-refractivity contribution >= 4 is 5.91 Å². The van der Waals surface area contributed by atoms with Gasteiger partial charge >= 0.3 is 0 Å². The van der Waals surface area contributed by atoms with E-state index in [2.05, 4.69) is 40.0 Å². The fourth-order valence-electron chi connectivity index (χ4n) is 3.52. The molecule has 20 heavy (non-hydrogen) atoms. The Hall–Kier alpha value is -1.36.